The van der Waals surface area contributed by atoms with Crippen LogP contribution in [0.5, 0.6) is 5.75 Å². The molecule has 1 atom stereocenters. The Morgan fingerprint density at radius 3 is 2.57 bits per heavy atom. The zero-order valence-corrected chi connectivity index (χ0v) is 16.2. The maximum Gasteiger partial charge on any atom is 0.262 e. The molecule has 2 rings (SSSR count). The number of hydrogen-bond acceptors (Lipinski definition) is 5. The third kappa shape index (κ3) is 7.38. The summed E-state index contributed by atoms with van der Waals surface area (Å²) in [6.07, 6.45) is 0.666. The molecule has 0 fully saturated rings. The Morgan fingerprint density at radius 1 is 1.14 bits per heavy atom. The van der Waals surface area contributed by atoms with Crippen molar-refractivity contribution in [2.75, 3.05) is 32.2 Å². The maximum absolute atomic E-state index is 12.0. The van der Waals surface area contributed by atoms with Gasteiger partial charge in [-0.15, -0.1) is 0 Å². The molecule has 0 aliphatic carbocycles. The normalized spacial score (nSPS) is 11.5. The van der Waals surface area contributed by atoms with Crippen LogP contribution in [-0.4, -0.2) is 44.7 Å². The lowest BCUT2D eigenvalue weighted by molar-refractivity contribution is -0.123. The summed E-state index contributed by atoms with van der Waals surface area (Å²) in [6.45, 7) is 2.57. The highest BCUT2D eigenvalue weighted by atomic mass is 16.5. The molecule has 7 nitrogen and oxygen atoms in total. The number of aryl methyl sites for hydroxylation is 1. The molecular formula is C21H27N3O4. The number of methoxy groups -OCH3 is 1. The highest BCUT2D eigenvalue weighted by Crippen LogP contribution is 2.13. The summed E-state index contributed by atoms with van der Waals surface area (Å²) in [4.78, 5) is 23.7. The smallest absolute Gasteiger partial charge is 0.262 e. The van der Waals surface area contributed by atoms with Crippen LogP contribution >= 0.6 is 0 Å². The number of amides is 2. The highest BCUT2D eigenvalue weighted by Gasteiger charge is 2.11. The Morgan fingerprint density at radius 2 is 1.89 bits per heavy atom. The number of carbonyl (C=O) groups is 2. The van der Waals surface area contributed by atoms with Gasteiger partial charge in [0.15, 0.2) is 6.61 Å². The highest BCUT2D eigenvalue weighted by molar-refractivity contribution is 5.91. The van der Waals surface area contributed by atoms with E-state index in [2.05, 4.69) is 10.6 Å². The van der Waals surface area contributed by atoms with Crippen molar-refractivity contribution in [3.05, 3.63) is 59.7 Å². The van der Waals surface area contributed by atoms with Gasteiger partial charge in [-0.1, -0.05) is 24.3 Å². The summed E-state index contributed by atoms with van der Waals surface area (Å²) in [5.74, 6) is 0.153. The topological polar surface area (TPSA) is 103 Å². The summed E-state index contributed by atoms with van der Waals surface area (Å²) >= 11 is 0. The van der Waals surface area contributed by atoms with Crippen molar-refractivity contribution >= 4 is 17.5 Å². The Balaban J connectivity index is 1.72. The van der Waals surface area contributed by atoms with Crippen LogP contribution in [0.15, 0.2) is 48.5 Å². The molecule has 28 heavy (non-hydrogen) atoms. The SMILES string of the molecule is COCC(N)C(=O)NCCc1ccc(OCC(=O)Nc2cccc(C)c2)cc1. The second kappa shape index (κ2) is 11.1. The zero-order chi connectivity index (χ0) is 20.4. The summed E-state index contributed by atoms with van der Waals surface area (Å²) in [5.41, 5.74) is 8.52. The quantitative estimate of drug-likeness (QED) is 0.577. The van der Waals surface area contributed by atoms with Gasteiger partial charge in [-0.2, -0.15) is 0 Å². The van der Waals surface area contributed by atoms with E-state index in [1.54, 1.807) is 12.1 Å². The van der Waals surface area contributed by atoms with Crippen LogP contribution < -0.4 is 21.1 Å². The van der Waals surface area contributed by atoms with Crippen LogP contribution in [0.2, 0.25) is 0 Å². The monoisotopic (exact) mass is 385 g/mol. The van der Waals surface area contributed by atoms with Crippen molar-refractivity contribution in [3.63, 3.8) is 0 Å². The van der Waals surface area contributed by atoms with Crippen LogP contribution in [-0.2, 0) is 20.7 Å². The van der Waals surface area contributed by atoms with Crippen LogP contribution in [0.1, 0.15) is 11.1 Å². The van der Waals surface area contributed by atoms with Crippen molar-refractivity contribution in [1.82, 2.24) is 5.32 Å². The average Bonchev–Trinajstić information content (AvgIpc) is 2.67. The largest absolute Gasteiger partial charge is 0.484 e. The average molecular weight is 385 g/mol. The molecule has 4 N–H and O–H groups in total. The molecule has 1 unspecified atom stereocenters. The summed E-state index contributed by atoms with van der Waals surface area (Å²) in [6, 6.07) is 14.3. The molecule has 0 aliphatic heterocycles. The van der Waals surface area contributed by atoms with E-state index in [0.29, 0.717) is 18.7 Å². The molecule has 2 aromatic carbocycles. The van der Waals surface area contributed by atoms with Crippen LogP contribution in [0.4, 0.5) is 5.69 Å². The molecule has 2 amide bonds. The predicted octanol–water partition coefficient (Wildman–Crippen LogP) is 1.64. The van der Waals surface area contributed by atoms with Gasteiger partial charge in [0.2, 0.25) is 5.91 Å². The van der Waals surface area contributed by atoms with Gasteiger partial charge in [-0.25, -0.2) is 0 Å². The first-order valence-corrected chi connectivity index (χ1v) is 9.08. The van der Waals surface area contributed by atoms with E-state index >= 15 is 0 Å². The molecule has 0 aromatic heterocycles. The minimum Gasteiger partial charge on any atom is -0.484 e. The van der Waals surface area contributed by atoms with Crippen LogP contribution in [0, 0.1) is 6.92 Å². The molecule has 0 saturated carbocycles. The zero-order valence-electron chi connectivity index (χ0n) is 16.2. The molecule has 0 bridgehead atoms. The van der Waals surface area contributed by atoms with Gasteiger partial charge < -0.3 is 25.8 Å². The summed E-state index contributed by atoms with van der Waals surface area (Å²) in [5, 5.41) is 5.57. The first kappa shape index (κ1) is 21.4. The molecule has 0 heterocycles. The van der Waals surface area contributed by atoms with E-state index in [1.807, 2.05) is 43.3 Å². The Hall–Kier alpha value is -2.90. The van der Waals surface area contributed by atoms with E-state index in [4.69, 9.17) is 15.2 Å². The predicted molar refractivity (Wildman–Crippen MR) is 108 cm³/mol. The first-order chi connectivity index (χ1) is 13.5. The molecule has 7 heteroatoms. The number of hydrogen-bond donors (Lipinski definition) is 3. The fraction of sp³-hybridized carbons (Fsp3) is 0.333. The second-order valence-corrected chi connectivity index (χ2v) is 6.45. The van der Waals surface area contributed by atoms with E-state index < -0.39 is 6.04 Å². The molecule has 0 radical (unpaired) electrons. The lowest BCUT2D eigenvalue weighted by atomic mass is 10.1. The van der Waals surface area contributed by atoms with E-state index in [1.165, 1.54) is 7.11 Å². The van der Waals surface area contributed by atoms with Gasteiger partial charge in [0, 0.05) is 19.3 Å². The molecule has 2 aromatic rings. The molecule has 0 saturated heterocycles. The van der Waals surface area contributed by atoms with Crippen molar-refractivity contribution in [2.45, 2.75) is 19.4 Å². The standard InChI is InChI=1S/C21H27N3O4/c1-15-4-3-5-17(12-15)24-20(25)14-28-18-8-6-16(7-9-18)10-11-23-21(26)19(22)13-27-2/h3-9,12,19H,10-11,13-14,22H2,1-2H3,(H,23,26)(H,24,25). The molecule has 0 spiro atoms. The maximum atomic E-state index is 12.0. The molecular weight excluding hydrogens is 358 g/mol. The Kier molecular flexibility index (Phi) is 8.45. The van der Waals surface area contributed by atoms with E-state index in [0.717, 1.165) is 16.8 Å². The number of ether oxygens (including phenoxy) is 2. The fourth-order valence-electron chi connectivity index (χ4n) is 2.54. The van der Waals surface area contributed by atoms with E-state index in [9.17, 15) is 9.59 Å². The van der Waals surface area contributed by atoms with Crippen LogP contribution in [0.25, 0.3) is 0 Å². The number of carbonyl (C=O) groups excluding carboxylic acids is 2. The molecule has 150 valence electrons. The summed E-state index contributed by atoms with van der Waals surface area (Å²) in [7, 11) is 1.50. The first-order valence-electron chi connectivity index (χ1n) is 9.08. The van der Waals surface area contributed by atoms with Crippen molar-refractivity contribution in [2.24, 2.45) is 5.73 Å². The number of nitrogens with one attached hydrogen (secondary N) is 2. The van der Waals surface area contributed by atoms with E-state index in [-0.39, 0.29) is 25.0 Å². The van der Waals surface area contributed by atoms with Crippen LogP contribution in [0.3, 0.4) is 0 Å². The minimum atomic E-state index is -0.660. The molecule has 0 aliphatic rings. The van der Waals surface area contributed by atoms with Gasteiger partial charge in [0.1, 0.15) is 11.8 Å². The Labute approximate surface area is 165 Å². The summed E-state index contributed by atoms with van der Waals surface area (Å²) < 4.78 is 10.4. The van der Waals surface area contributed by atoms with Gasteiger partial charge in [-0.3, -0.25) is 9.59 Å². The third-order valence-electron chi connectivity index (χ3n) is 3.99. The lowest BCUT2D eigenvalue weighted by Crippen LogP contribution is -2.44. The Bertz CT molecular complexity index is 777. The van der Waals surface area contributed by atoms with Gasteiger partial charge in [-0.05, 0) is 48.7 Å². The number of anilines is 1. The second-order valence-electron chi connectivity index (χ2n) is 6.45. The number of benzene rings is 2. The van der Waals surface area contributed by atoms with Gasteiger partial charge in [0.05, 0.1) is 6.61 Å². The lowest BCUT2D eigenvalue weighted by Gasteiger charge is -2.11. The third-order valence-corrected chi connectivity index (χ3v) is 3.99. The fourth-order valence-corrected chi connectivity index (χ4v) is 2.54. The van der Waals surface area contributed by atoms with Gasteiger partial charge in [0.25, 0.3) is 5.91 Å². The van der Waals surface area contributed by atoms with Gasteiger partial charge >= 0.3 is 0 Å². The van der Waals surface area contributed by atoms with Crippen molar-refractivity contribution in [1.29, 1.82) is 0 Å². The minimum absolute atomic E-state index is 0.0687. The number of nitrogens with two attached hydrogens (primary N) is 1. The van der Waals surface area contributed by atoms with Crippen molar-refractivity contribution < 1.29 is 19.1 Å². The number of rotatable bonds is 10. The van der Waals surface area contributed by atoms with Crippen molar-refractivity contribution in [3.8, 4) is 5.75 Å².